The molecule has 0 spiro atoms. The highest BCUT2D eigenvalue weighted by atomic mass is 16.2. The lowest BCUT2D eigenvalue weighted by Gasteiger charge is -2.11. The van der Waals surface area contributed by atoms with Gasteiger partial charge in [0.1, 0.15) is 5.82 Å². The number of rotatable bonds is 6. The summed E-state index contributed by atoms with van der Waals surface area (Å²) in [7, 11) is 0. The molecule has 2 heterocycles. The van der Waals surface area contributed by atoms with E-state index in [-0.39, 0.29) is 17.9 Å². The van der Waals surface area contributed by atoms with Crippen LogP contribution in [0.3, 0.4) is 0 Å². The van der Waals surface area contributed by atoms with Gasteiger partial charge in [-0.25, -0.2) is 4.68 Å². The van der Waals surface area contributed by atoms with Gasteiger partial charge in [0.15, 0.2) is 0 Å². The maximum absolute atomic E-state index is 12.3. The Morgan fingerprint density at radius 3 is 2.68 bits per heavy atom. The van der Waals surface area contributed by atoms with E-state index < -0.39 is 0 Å². The SMILES string of the molecule is O=C(CCn1ccccc1=O)Nc1ccnn1Cc1cccc2ccccc12. The Morgan fingerprint density at radius 2 is 1.79 bits per heavy atom. The van der Waals surface area contributed by atoms with Crippen molar-refractivity contribution in [3.05, 3.63) is 95.0 Å². The van der Waals surface area contributed by atoms with E-state index in [1.54, 1.807) is 35.3 Å². The van der Waals surface area contributed by atoms with E-state index >= 15 is 0 Å². The summed E-state index contributed by atoms with van der Waals surface area (Å²) in [5.74, 6) is 0.480. The van der Waals surface area contributed by atoms with Crippen molar-refractivity contribution in [1.82, 2.24) is 14.3 Å². The number of anilines is 1. The molecule has 6 heteroatoms. The molecule has 4 rings (SSSR count). The molecule has 140 valence electrons. The molecule has 0 aliphatic heterocycles. The molecular formula is C22H20N4O2. The minimum absolute atomic E-state index is 0.115. The first kappa shape index (κ1) is 17.7. The number of benzene rings is 2. The lowest BCUT2D eigenvalue weighted by atomic mass is 10.0. The normalized spacial score (nSPS) is 10.9. The molecule has 0 bridgehead atoms. The fourth-order valence-electron chi connectivity index (χ4n) is 3.23. The van der Waals surface area contributed by atoms with Crippen LogP contribution in [0.5, 0.6) is 0 Å². The molecule has 0 radical (unpaired) electrons. The molecule has 2 aromatic heterocycles. The first-order valence-corrected chi connectivity index (χ1v) is 9.14. The summed E-state index contributed by atoms with van der Waals surface area (Å²) in [5.41, 5.74) is 1.02. The molecule has 0 saturated carbocycles. The van der Waals surface area contributed by atoms with Crippen molar-refractivity contribution < 1.29 is 4.79 Å². The number of hydrogen-bond donors (Lipinski definition) is 1. The minimum atomic E-state index is -0.157. The number of aryl methyl sites for hydroxylation is 1. The van der Waals surface area contributed by atoms with Crippen molar-refractivity contribution in [1.29, 1.82) is 0 Å². The van der Waals surface area contributed by atoms with Gasteiger partial charge in [-0.15, -0.1) is 0 Å². The van der Waals surface area contributed by atoms with E-state index in [0.29, 0.717) is 18.9 Å². The molecule has 28 heavy (non-hydrogen) atoms. The van der Waals surface area contributed by atoms with Crippen LogP contribution in [0.2, 0.25) is 0 Å². The molecule has 0 atom stereocenters. The van der Waals surface area contributed by atoms with Crippen LogP contribution in [0.4, 0.5) is 5.82 Å². The van der Waals surface area contributed by atoms with Crippen molar-refractivity contribution in [3.8, 4) is 0 Å². The van der Waals surface area contributed by atoms with Gasteiger partial charge in [-0.3, -0.25) is 9.59 Å². The maximum Gasteiger partial charge on any atom is 0.250 e. The molecule has 0 aliphatic rings. The number of hydrogen-bond acceptors (Lipinski definition) is 3. The number of aromatic nitrogens is 3. The van der Waals surface area contributed by atoms with Crippen LogP contribution < -0.4 is 10.9 Å². The number of nitrogens with zero attached hydrogens (tertiary/aromatic N) is 3. The van der Waals surface area contributed by atoms with E-state index in [1.807, 2.05) is 18.2 Å². The van der Waals surface area contributed by atoms with Gasteiger partial charge in [-0.2, -0.15) is 5.10 Å². The maximum atomic E-state index is 12.3. The Morgan fingerprint density at radius 1 is 0.964 bits per heavy atom. The van der Waals surface area contributed by atoms with Gasteiger partial charge in [-0.05, 0) is 22.4 Å². The largest absolute Gasteiger partial charge is 0.315 e. The van der Waals surface area contributed by atoms with Crippen LogP contribution in [0.1, 0.15) is 12.0 Å². The summed E-state index contributed by atoms with van der Waals surface area (Å²) in [4.78, 5) is 24.1. The lowest BCUT2D eigenvalue weighted by Crippen LogP contribution is -2.22. The van der Waals surface area contributed by atoms with Crippen molar-refractivity contribution in [2.75, 3.05) is 5.32 Å². The molecule has 1 amide bonds. The van der Waals surface area contributed by atoms with Crippen molar-refractivity contribution >= 4 is 22.5 Å². The predicted octanol–water partition coefficient (Wildman–Crippen LogP) is 3.28. The summed E-state index contributed by atoms with van der Waals surface area (Å²) in [5, 5.41) is 9.59. The van der Waals surface area contributed by atoms with Crippen LogP contribution in [0.15, 0.2) is 83.9 Å². The van der Waals surface area contributed by atoms with E-state index in [0.717, 1.165) is 5.56 Å². The molecular weight excluding hydrogens is 352 g/mol. The number of fused-ring (bicyclic) bond motifs is 1. The zero-order valence-electron chi connectivity index (χ0n) is 15.3. The third-order valence-electron chi connectivity index (χ3n) is 4.66. The van der Waals surface area contributed by atoms with E-state index in [1.165, 1.54) is 21.4 Å². The highest BCUT2D eigenvalue weighted by molar-refractivity contribution is 5.90. The molecule has 1 N–H and O–H groups in total. The quantitative estimate of drug-likeness (QED) is 0.565. The van der Waals surface area contributed by atoms with Crippen LogP contribution in [0, 0.1) is 0 Å². The van der Waals surface area contributed by atoms with Gasteiger partial charge in [0, 0.05) is 31.3 Å². The van der Waals surface area contributed by atoms with Crippen molar-refractivity contribution in [2.45, 2.75) is 19.5 Å². The monoisotopic (exact) mass is 372 g/mol. The summed E-state index contributed by atoms with van der Waals surface area (Å²) >= 11 is 0. The first-order chi connectivity index (χ1) is 13.7. The second-order valence-electron chi connectivity index (χ2n) is 6.54. The van der Waals surface area contributed by atoms with E-state index in [4.69, 9.17) is 0 Å². The van der Waals surface area contributed by atoms with Gasteiger partial charge in [0.25, 0.3) is 5.56 Å². The molecule has 0 fully saturated rings. The molecule has 0 aliphatic carbocycles. The lowest BCUT2D eigenvalue weighted by molar-refractivity contribution is -0.116. The molecule has 0 saturated heterocycles. The number of pyridine rings is 1. The number of amides is 1. The van der Waals surface area contributed by atoms with Crippen molar-refractivity contribution in [2.24, 2.45) is 0 Å². The summed E-state index contributed by atoms with van der Waals surface area (Å²) < 4.78 is 3.29. The summed E-state index contributed by atoms with van der Waals surface area (Å²) in [6.07, 6.45) is 3.56. The van der Waals surface area contributed by atoms with Crippen LogP contribution >= 0.6 is 0 Å². The standard InChI is InChI=1S/C22H20N4O2/c27-21(12-15-25-14-4-3-10-22(25)28)24-20-11-13-23-26(20)16-18-8-5-7-17-6-1-2-9-19(17)18/h1-11,13-14H,12,15-16H2,(H,24,27). The zero-order valence-corrected chi connectivity index (χ0v) is 15.3. The Balaban J connectivity index is 1.46. The van der Waals surface area contributed by atoms with Crippen molar-refractivity contribution in [3.63, 3.8) is 0 Å². The Hall–Kier alpha value is -3.67. The van der Waals surface area contributed by atoms with Crippen LogP contribution in [-0.4, -0.2) is 20.3 Å². The topological polar surface area (TPSA) is 68.9 Å². The number of carbonyl (C=O) groups excluding carboxylic acids is 1. The molecule has 6 nitrogen and oxygen atoms in total. The van der Waals surface area contributed by atoms with E-state index in [2.05, 4.69) is 34.7 Å². The molecule has 2 aromatic carbocycles. The second-order valence-corrected chi connectivity index (χ2v) is 6.54. The summed E-state index contributed by atoms with van der Waals surface area (Å²) in [6, 6.07) is 21.1. The fraction of sp³-hybridized carbons (Fsp3) is 0.136. The first-order valence-electron chi connectivity index (χ1n) is 9.14. The summed E-state index contributed by atoms with van der Waals surface area (Å²) in [6.45, 7) is 0.894. The predicted molar refractivity (Wildman–Crippen MR) is 109 cm³/mol. The smallest absolute Gasteiger partial charge is 0.250 e. The fourth-order valence-corrected chi connectivity index (χ4v) is 3.23. The van der Waals surface area contributed by atoms with Gasteiger partial charge in [0.05, 0.1) is 12.7 Å². The minimum Gasteiger partial charge on any atom is -0.315 e. The Labute approximate surface area is 162 Å². The third-order valence-corrected chi connectivity index (χ3v) is 4.66. The molecule has 4 aromatic rings. The van der Waals surface area contributed by atoms with E-state index in [9.17, 15) is 9.59 Å². The Bertz CT molecular complexity index is 1170. The average Bonchev–Trinajstić information content (AvgIpc) is 3.14. The number of nitrogens with one attached hydrogen (secondary N) is 1. The Kier molecular flexibility index (Phi) is 5.01. The second kappa shape index (κ2) is 7.92. The average molecular weight is 372 g/mol. The highest BCUT2D eigenvalue weighted by Gasteiger charge is 2.10. The van der Waals surface area contributed by atoms with Gasteiger partial charge < -0.3 is 9.88 Å². The van der Waals surface area contributed by atoms with Gasteiger partial charge in [-0.1, -0.05) is 48.5 Å². The van der Waals surface area contributed by atoms with Crippen LogP contribution in [-0.2, 0) is 17.9 Å². The zero-order chi connectivity index (χ0) is 19.3. The number of carbonyl (C=O) groups is 1. The van der Waals surface area contributed by atoms with Gasteiger partial charge >= 0.3 is 0 Å². The highest BCUT2D eigenvalue weighted by Crippen LogP contribution is 2.20. The van der Waals surface area contributed by atoms with Gasteiger partial charge in [0.2, 0.25) is 5.91 Å². The van der Waals surface area contributed by atoms with Crippen LogP contribution in [0.25, 0.3) is 10.8 Å². The molecule has 0 unspecified atom stereocenters. The third kappa shape index (κ3) is 3.86.